The molecule has 3 aromatic rings. The fourth-order valence-corrected chi connectivity index (χ4v) is 2.75. The van der Waals surface area contributed by atoms with Crippen molar-refractivity contribution in [3.8, 4) is 11.1 Å². The maximum atomic E-state index is 12.6. The summed E-state index contributed by atoms with van der Waals surface area (Å²) in [5, 5.41) is 0. The van der Waals surface area contributed by atoms with Gasteiger partial charge in [0.25, 0.3) is 0 Å². The van der Waals surface area contributed by atoms with Gasteiger partial charge in [-0.25, -0.2) is 4.98 Å². The molecule has 0 spiro atoms. The SMILES string of the molecule is Cc1cn(CCN(C)c2ccc(-c3ccc(C(F)(F)F)cc3)cc2)cn1. The lowest BCUT2D eigenvalue weighted by Crippen LogP contribution is -2.22. The van der Waals surface area contributed by atoms with Crippen molar-refractivity contribution in [3.63, 3.8) is 0 Å². The van der Waals surface area contributed by atoms with Crippen molar-refractivity contribution in [1.82, 2.24) is 9.55 Å². The number of benzene rings is 2. The van der Waals surface area contributed by atoms with Crippen molar-refractivity contribution < 1.29 is 13.2 Å². The molecule has 0 radical (unpaired) electrons. The highest BCUT2D eigenvalue weighted by Gasteiger charge is 2.29. The van der Waals surface area contributed by atoms with Crippen LogP contribution in [0.1, 0.15) is 11.3 Å². The zero-order valence-corrected chi connectivity index (χ0v) is 14.7. The Morgan fingerprint density at radius 2 is 1.54 bits per heavy atom. The number of hydrogen-bond acceptors (Lipinski definition) is 2. The van der Waals surface area contributed by atoms with Gasteiger partial charge < -0.3 is 9.47 Å². The van der Waals surface area contributed by atoms with Crippen molar-refractivity contribution in [3.05, 3.63) is 72.3 Å². The normalized spacial score (nSPS) is 11.6. The Balaban J connectivity index is 1.65. The number of nitrogens with zero attached hydrogens (tertiary/aromatic N) is 3. The molecule has 0 aliphatic heterocycles. The number of rotatable bonds is 5. The van der Waals surface area contributed by atoms with Gasteiger partial charge in [0, 0.05) is 32.0 Å². The largest absolute Gasteiger partial charge is 0.416 e. The number of hydrogen-bond donors (Lipinski definition) is 0. The number of aryl methyl sites for hydroxylation is 1. The fourth-order valence-electron chi connectivity index (χ4n) is 2.75. The molecule has 0 fully saturated rings. The van der Waals surface area contributed by atoms with E-state index in [1.165, 1.54) is 12.1 Å². The molecule has 0 aliphatic rings. The van der Waals surface area contributed by atoms with Crippen molar-refractivity contribution >= 4 is 5.69 Å². The van der Waals surface area contributed by atoms with E-state index in [9.17, 15) is 13.2 Å². The van der Waals surface area contributed by atoms with Crippen LogP contribution >= 0.6 is 0 Å². The molecule has 1 aromatic heterocycles. The minimum atomic E-state index is -4.31. The van der Waals surface area contributed by atoms with Gasteiger partial charge in [0.1, 0.15) is 0 Å². The summed E-state index contributed by atoms with van der Waals surface area (Å²) in [4.78, 5) is 6.34. The van der Waals surface area contributed by atoms with Crippen LogP contribution in [0.3, 0.4) is 0 Å². The van der Waals surface area contributed by atoms with Gasteiger partial charge >= 0.3 is 6.18 Å². The highest BCUT2D eigenvalue weighted by atomic mass is 19.4. The summed E-state index contributed by atoms with van der Waals surface area (Å²) in [6.07, 6.45) is -0.489. The van der Waals surface area contributed by atoms with Crippen LogP contribution in [0.5, 0.6) is 0 Å². The maximum absolute atomic E-state index is 12.6. The summed E-state index contributed by atoms with van der Waals surface area (Å²) in [5.74, 6) is 0. The van der Waals surface area contributed by atoms with Crippen LogP contribution in [0, 0.1) is 6.92 Å². The second-order valence-corrected chi connectivity index (χ2v) is 6.30. The average molecular weight is 359 g/mol. The molecule has 0 saturated heterocycles. The Morgan fingerprint density at radius 3 is 2.04 bits per heavy atom. The Bertz CT molecular complexity index is 849. The third-order valence-corrected chi connectivity index (χ3v) is 4.31. The first-order valence-electron chi connectivity index (χ1n) is 8.30. The van der Waals surface area contributed by atoms with Crippen molar-refractivity contribution in [2.24, 2.45) is 0 Å². The van der Waals surface area contributed by atoms with Crippen LogP contribution in [-0.2, 0) is 12.7 Å². The van der Waals surface area contributed by atoms with E-state index < -0.39 is 11.7 Å². The standard InChI is InChI=1S/C20H20F3N3/c1-15-13-26(14-24-15)12-11-25(2)19-9-5-17(6-10-19)16-3-7-18(8-4-16)20(21,22)23/h3-10,13-14H,11-12H2,1-2H3. The van der Waals surface area contributed by atoms with Gasteiger partial charge in [0.15, 0.2) is 0 Å². The van der Waals surface area contributed by atoms with Crippen LogP contribution in [0.15, 0.2) is 61.1 Å². The third-order valence-electron chi connectivity index (χ3n) is 4.31. The van der Waals surface area contributed by atoms with Crippen LogP contribution in [0.25, 0.3) is 11.1 Å². The Hall–Kier alpha value is -2.76. The average Bonchev–Trinajstić information content (AvgIpc) is 3.04. The predicted molar refractivity (Wildman–Crippen MR) is 97.1 cm³/mol. The van der Waals surface area contributed by atoms with Crippen LogP contribution in [0.4, 0.5) is 18.9 Å². The Morgan fingerprint density at radius 1 is 0.962 bits per heavy atom. The van der Waals surface area contributed by atoms with Crippen molar-refractivity contribution in [1.29, 1.82) is 0 Å². The number of anilines is 1. The van der Waals surface area contributed by atoms with E-state index in [2.05, 4.69) is 9.88 Å². The zero-order chi connectivity index (χ0) is 18.7. The molecule has 0 saturated carbocycles. The minimum Gasteiger partial charge on any atom is -0.373 e. The molecule has 2 aromatic carbocycles. The van der Waals surface area contributed by atoms with Gasteiger partial charge in [0.2, 0.25) is 0 Å². The molecule has 0 atom stereocenters. The lowest BCUT2D eigenvalue weighted by Gasteiger charge is -2.20. The molecular weight excluding hydrogens is 339 g/mol. The van der Waals surface area contributed by atoms with Crippen molar-refractivity contribution in [2.45, 2.75) is 19.6 Å². The quantitative estimate of drug-likeness (QED) is 0.638. The van der Waals surface area contributed by atoms with E-state index in [1.54, 1.807) is 0 Å². The lowest BCUT2D eigenvalue weighted by molar-refractivity contribution is -0.137. The zero-order valence-electron chi connectivity index (χ0n) is 14.7. The molecule has 26 heavy (non-hydrogen) atoms. The molecule has 3 rings (SSSR count). The number of imidazole rings is 1. The number of halogens is 3. The Labute approximate surface area is 150 Å². The summed E-state index contributed by atoms with van der Waals surface area (Å²) >= 11 is 0. The number of likely N-dealkylation sites (N-methyl/N-ethyl adjacent to an activating group) is 1. The number of alkyl halides is 3. The fraction of sp³-hybridized carbons (Fsp3) is 0.250. The van der Waals surface area contributed by atoms with Gasteiger partial charge in [0.05, 0.1) is 17.6 Å². The molecule has 6 heteroatoms. The molecule has 0 N–H and O–H groups in total. The minimum absolute atomic E-state index is 0.632. The first kappa shape index (κ1) is 18.0. The number of aromatic nitrogens is 2. The van der Waals surface area contributed by atoms with E-state index in [0.717, 1.165) is 47.7 Å². The Kier molecular flexibility index (Phi) is 5.02. The van der Waals surface area contributed by atoms with E-state index in [0.29, 0.717) is 0 Å². The molecule has 0 unspecified atom stereocenters. The van der Waals surface area contributed by atoms with Crippen LogP contribution in [0.2, 0.25) is 0 Å². The maximum Gasteiger partial charge on any atom is 0.416 e. The molecule has 0 aliphatic carbocycles. The molecule has 0 amide bonds. The molecule has 136 valence electrons. The summed E-state index contributed by atoms with van der Waals surface area (Å²) < 4.78 is 40.0. The van der Waals surface area contributed by atoms with Crippen LogP contribution in [-0.4, -0.2) is 23.1 Å². The van der Waals surface area contributed by atoms with Gasteiger partial charge in [-0.15, -0.1) is 0 Å². The molecule has 1 heterocycles. The first-order valence-corrected chi connectivity index (χ1v) is 8.30. The van der Waals surface area contributed by atoms with Gasteiger partial charge in [-0.3, -0.25) is 0 Å². The van der Waals surface area contributed by atoms with Gasteiger partial charge in [-0.05, 0) is 42.3 Å². The molecule has 0 bridgehead atoms. The summed E-state index contributed by atoms with van der Waals surface area (Å²) in [7, 11) is 2.01. The third kappa shape index (κ3) is 4.25. The second-order valence-electron chi connectivity index (χ2n) is 6.30. The van der Waals surface area contributed by atoms with Crippen LogP contribution < -0.4 is 4.90 Å². The van der Waals surface area contributed by atoms with E-state index in [-0.39, 0.29) is 0 Å². The first-order chi connectivity index (χ1) is 12.3. The summed E-state index contributed by atoms with van der Waals surface area (Å²) in [6, 6.07) is 13.0. The van der Waals surface area contributed by atoms with E-state index in [4.69, 9.17) is 0 Å². The van der Waals surface area contributed by atoms with Gasteiger partial charge in [-0.1, -0.05) is 24.3 Å². The summed E-state index contributed by atoms with van der Waals surface area (Å²) in [6.45, 7) is 3.62. The monoisotopic (exact) mass is 359 g/mol. The lowest BCUT2D eigenvalue weighted by atomic mass is 10.0. The van der Waals surface area contributed by atoms with Crippen molar-refractivity contribution in [2.75, 3.05) is 18.5 Å². The topological polar surface area (TPSA) is 21.1 Å². The molecular formula is C20H20F3N3. The van der Waals surface area contributed by atoms with Gasteiger partial charge in [-0.2, -0.15) is 13.2 Å². The second kappa shape index (κ2) is 7.23. The highest BCUT2D eigenvalue weighted by Crippen LogP contribution is 2.31. The smallest absolute Gasteiger partial charge is 0.373 e. The highest BCUT2D eigenvalue weighted by molar-refractivity contribution is 5.66. The summed E-state index contributed by atoms with van der Waals surface area (Å²) in [5.41, 5.74) is 3.07. The predicted octanol–water partition coefficient (Wildman–Crippen LogP) is 5.01. The van der Waals surface area contributed by atoms with E-state index >= 15 is 0 Å². The van der Waals surface area contributed by atoms with E-state index in [1.807, 2.05) is 55.3 Å². The molecule has 3 nitrogen and oxygen atoms in total.